The highest BCUT2D eigenvalue weighted by Crippen LogP contribution is 2.26. The first-order chi connectivity index (χ1) is 12.9. The van der Waals surface area contributed by atoms with Crippen LogP contribution in [0.4, 0.5) is 15.8 Å². The highest BCUT2D eigenvalue weighted by atomic mass is 32.2. The summed E-state index contributed by atoms with van der Waals surface area (Å²) in [6.45, 7) is 0.345. The van der Waals surface area contributed by atoms with Crippen LogP contribution in [-0.2, 0) is 19.6 Å². The fourth-order valence-electron chi connectivity index (χ4n) is 2.78. The normalized spacial score (nSPS) is 19.6. The Morgan fingerprint density at radius 2 is 1.78 bits per heavy atom. The number of ether oxygens (including phenoxy) is 1. The van der Waals surface area contributed by atoms with Gasteiger partial charge < -0.3 is 15.8 Å². The Kier molecular flexibility index (Phi) is 5.73. The molecule has 1 amide bonds. The molecule has 2 atom stereocenters. The molecule has 1 heterocycles. The first-order valence-corrected chi connectivity index (χ1v) is 9.91. The van der Waals surface area contributed by atoms with Gasteiger partial charge in [-0.05, 0) is 49.2 Å². The third-order valence-electron chi connectivity index (χ3n) is 4.22. The summed E-state index contributed by atoms with van der Waals surface area (Å²) in [4.78, 5) is 12.3. The van der Waals surface area contributed by atoms with Crippen LogP contribution in [0.3, 0.4) is 0 Å². The van der Waals surface area contributed by atoms with Crippen molar-refractivity contribution in [1.82, 2.24) is 0 Å². The molecule has 27 heavy (non-hydrogen) atoms. The number of carbonyl (C=O) groups is 1. The van der Waals surface area contributed by atoms with Gasteiger partial charge in [0, 0.05) is 6.54 Å². The quantitative estimate of drug-likeness (QED) is 0.696. The lowest BCUT2D eigenvalue weighted by Crippen LogP contribution is -2.30. The van der Waals surface area contributed by atoms with Gasteiger partial charge in [0.15, 0.2) is 0 Å². The maximum absolute atomic E-state index is 13.0. The fraction of sp³-hybridized carbons (Fsp3) is 0.278. The monoisotopic (exact) mass is 393 g/mol. The van der Waals surface area contributed by atoms with Crippen LogP contribution in [0.15, 0.2) is 53.4 Å². The highest BCUT2D eigenvalue weighted by Gasteiger charge is 2.30. The van der Waals surface area contributed by atoms with E-state index in [0.717, 1.165) is 24.3 Å². The molecular weight excluding hydrogens is 373 g/mol. The van der Waals surface area contributed by atoms with Crippen molar-refractivity contribution < 1.29 is 22.3 Å². The second-order valence-corrected chi connectivity index (χ2v) is 7.84. The molecule has 4 N–H and O–H groups in total. The summed E-state index contributed by atoms with van der Waals surface area (Å²) in [6.07, 6.45) is 0.484. The number of sulfonamides is 1. The van der Waals surface area contributed by atoms with E-state index in [-0.39, 0.29) is 22.6 Å². The van der Waals surface area contributed by atoms with Crippen LogP contribution in [0.2, 0.25) is 0 Å². The van der Waals surface area contributed by atoms with Crippen LogP contribution in [0.1, 0.15) is 12.8 Å². The smallest absolute Gasteiger partial charge is 0.261 e. The SMILES string of the molecule is NC[C@H]1CC[C@@H](C(=O)Nc2ccccc2NS(=O)(=O)c2ccc(F)cc2)O1. The van der Waals surface area contributed by atoms with Gasteiger partial charge in [0.2, 0.25) is 0 Å². The molecule has 0 bridgehead atoms. The molecular formula is C18H20FN3O4S. The van der Waals surface area contributed by atoms with E-state index in [1.807, 2.05) is 0 Å². The number of rotatable bonds is 6. The number of amides is 1. The summed E-state index contributed by atoms with van der Waals surface area (Å²) in [5.41, 5.74) is 6.05. The Labute approximate surface area is 156 Å². The molecule has 9 heteroatoms. The summed E-state index contributed by atoms with van der Waals surface area (Å²) in [5, 5.41) is 2.69. The van der Waals surface area contributed by atoms with E-state index in [1.54, 1.807) is 18.2 Å². The molecule has 0 aliphatic carbocycles. The number of carbonyl (C=O) groups excluding carboxylic acids is 1. The van der Waals surface area contributed by atoms with Crippen LogP contribution >= 0.6 is 0 Å². The zero-order valence-electron chi connectivity index (χ0n) is 14.4. The van der Waals surface area contributed by atoms with Gasteiger partial charge in [0.25, 0.3) is 15.9 Å². The molecule has 0 saturated carbocycles. The number of halogens is 1. The Morgan fingerprint density at radius 1 is 1.11 bits per heavy atom. The lowest BCUT2D eigenvalue weighted by atomic mass is 10.2. The van der Waals surface area contributed by atoms with Crippen LogP contribution < -0.4 is 15.8 Å². The Bertz CT molecular complexity index is 918. The van der Waals surface area contributed by atoms with Crippen molar-refractivity contribution in [2.75, 3.05) is 16.6 Å². The minimum Gasteiger partial charge on any atom is -0.364 e. The van der Waals surface area contributed by atoms with Crippen LogP contribution in [0, 0.1) is 5.82 Å². The van der Waals surface area contributed by atoms with E-state index in [9.17, 15) is 17.6 Å². The standard InChI is InChI=1S/C18H20FN3O4S/c19-12-5-8-14(9-6-12)27(24,25)22-16-4-2-1-3-15(16)21-18(23)17-10-7-13(11-20)26-17/h1-6,8-9,13,17,22H,7,10-11,20H2,(H,21,23)/t13-,17+/m1/s1. The molecule has 3 rings (SSSR count). The summed E-state index contributed by atoms with van der Waals surface area (Å²) >= 11 is 0. The molecule has 1 fully saturated rings. The van der Waals surface area contributed by atoms with Crippen molar-refractivity contribution in [3.8, 4) is 0 Å². The van der Waals surface area contributed by atoms with Gasteiger partial charge in [-0.25, -0.2) is 12.8 Å². The molecule has 7 nitrogen and oxygen atoms in total. The van der Waals surface area contributed by atoms with Crippen molar-refractivity contribution in [3.05, 3.63) is 54.3 Å². The van der Waals surface area contributed by atoms with E-state index < -0.39 is 21.9 Å². The molecule has 0 aromatic heterocycles. The Hall–Kier alpha value is -2.49. The first kappa shape index (κ1) is 19.3. The molecule has 1 aliphatic rings. The maximum atomic E-state index is 13.0. The van der Waals surface area contributed by atoms with Gasteiger partial charge in [-0.1, -0.05) is 12.1 Å². The topological polar surface area (TPSA) is 111 Å². The number of hydrogen-bond acceptors (Lipinski definition) is 5. The van der Waals surface area contributed by atoms with Gasteiger partial charge >= 0.3 is 0 Å². The lowest BCUT2D eigenvalue weighted by Gasteiger charge is -2.16. The molecule has 1 saturated heterocycles. The van der Waals surface area contributed by atoms with Gasteiger partial charge in [0.1, 0.15) is 11.9 Å². The number of nitrogens with two attached hydrogens (primary N) is 1. The number of benzene rings is 2. The van der Waals surface area contributed by atoms with Crippen molar-refractivity contribution >= 4 is 27.3 Å². The predicted octanol–water partition coefficient (Wildman–Crippen LogP) is 2.07. The van der Waals surface area contributed by atoms with Crippen LogP contribution in [-0.4, -0.2) is 33.1 Å². The summed E-state index contributed by atoms with van der Waals surface area (Å²) < 4.78 is 46.0. The number of para-hydroxylation sites is 2. The molecule has 0 unspecified atom stereocenters. The maximum Gasteiger partial charge on any atom is 0.261 e. The van der Waals surface area contributed by atoms with Crippen LogP contribution in [0.5, 0.6) is 0 Å². The minimum absolute atomic E-state index is 0.0880. The summed E-state index contributed by atoms with van der Waals surface area (Å²) in [6, 6.07) is 10.9. The fourth-order valence-corrected chi connectivity index (χ4v) is 3.86. The summed E-state index contributed by atoms with van der Waals surface area (Å²) in [7, 11) is -3.94. The van der Waals surface area contributed by atoms with Gasteiger partial charge in [-0.15, -0.1) is 0 Å². The largest absolute Gasteiger partial charge is 0.364 e. The summed E-state index contributed by atoms with van der Waals surface area (Å²) in [5.74, 6) is -0.895. The predicted molar refractivity (Wildman–Crippen MR) is 99.2 cm³/mol. The molecule has 0 radical (unpaired) electrons. The average molecular weight is 393 g/mol. The molecule has 0 spiro atoms. The van der Waals surface area contributed by atoms with E-state index in [4.69, 9.17) is 10.5 Å². The molecule has 144 valence electrons. The Morgan fingerprint density at radius 3 is 2.41 bits per heavy atom. The molecule has 1 aliphatic heterocycles. The number of nitrogens with one attached hydrogen (secondary N) is 2. The third kappa shape index (κ3) is 4.62. The van der Waals surface area contributed by atoms with Crippen molar-refractivity contribution in [2.45, 2.75) is 29.9 Å². The Balaban J connectivity index is 1.76. The van der Waals surface area contributed by atoms with Gasteiger partial charge in [-0.2, -0.15) is 0 Å². The molecule has 2 aromatic rings. The van der Waals surface area contributed by atoms with E-state index in [1.165, 1.54) is 6.07 Å². The van der Waals surface area contributed by atoms with Crippen molar-refractivity contribution in [1.29, 1.82) is 0 Å². The lowest BCUT2D eigenvalue weighted by molar-refractivity contribution is -0.126. The highest BCUT2D eigenvalue weighted by molar-refractivity contribution is 7.92. The second kappa shape index (κ2) is 8.03. The number of hydrogen-bond donors (Lipinski definition) is 3. The minimum atomic E-state index is -3.94. The zero-order chi connectivity index (χ0) is 19.4. The van der Waals surface area contributed by atoms with E-state index in [0.29, 0.717) is 25.1 Å². The van der Waals surface area contributed by atoms with Crippen LogP contribution in [0.25, 0.3) is 0 Å². The van der Waals surface area contributed by atoms with E-state index >= 15 is 0 Å². The second-order valence-electron chi connectivity index (χ2n) is 6.15. The first-order valence-electron chi connectivity index (χ1n) is 8.43. The third-order valence-corrected chi connectivity index (χ3v) is 5.60. The zero-order valence-corrected chi connectivity index (χ0v) is 15.2. The molecule has 2 aromatic carbocycles. The number of anilines is 2. The average Bonchev–Trinajstić information content (AvgIpc) is 3.13. The van der Waals surface area contributed by atoms with E-state index in [2.05, 4.69) is 10.0 Å². The van der Waals surface area contributed by atoms with Gasteiger partial charge in [-0.3, -0.25) is 9.52 Å². The van der Waals surface area contributed by atoms with Crippen molar-refractivity contribution in [3.63, 3.8) is 0 Å². The van der Waals surface area contributed by atoms with Gasteiger partial charge in [0.05, 0.1) is 22.4 Å². The van der Waals surface area contributed by atoms with Crippen molar-refractivity contribution in [2.24, 2.45) is 5.73 Å².